The van der Waals surface area contributed by atoms with Crippen molar-refractivity contribution in [1.82, 2.24) is 5.32 Å². The number of carbonyl (C=O) groups excluding carboxylic acids is 2. The van der Waals surface area contributed by atoms with Crippen molar-refractivity contribution in [2.45, 2.75) is 18.9 Å². The standard InChI is InChI=1S/C21H18ClNO2S/c22-17-10-8-16(9-11-17)21(19-7-4-14-26-19)23-20(25)13-12-18(24)15-5-2-1-3-6-15/h1-11,14,21H,12-13H2,(H,23,25). The van der Waals surface area contributed by atoms with E-state index in [1.54, 1.807) is 23.5 Å². The molecule has 1 heterocycles. The van der Waals surface area contributed by atoms with Crippen LogP contribution in [0.2, 0.25) is 5.02 Å². The number of hydrogen-bond acceptors (Lipinski definition) is 3. The number of Topliss-reactive ketones (excluding diaryl/α,β-unsaturated/α-hetero) is 1. The van der Waals surface area contributed by atoms with Crippen molar-refractivity contribution in [2.24, 2.45) is 0 Å². The van der Waals surface area contributed by atoms with Gasteiger partial charge in [0.2, 0.25) is 5.91 Å². The highest BCUT2D eigenvalue weighted by atomic mass is 35.5. The highest BCUT2D eigenvalue weighted by Gasteiger charge is 2.18. The van der Waals surface area contributed by atoms with E-state index in [0.29, 0.717) is 10.6 Å². The molecule has 1 atom stereocenters. The SMILES string of the molecule is O=C(CCC(=O)c1ccccc1)NC(c1ccc(Cl)cc1)c1cccs1. The molecule has 0 aliphatic carbocycles. The van der Waals surface area contributed by atoms with Gasteiger partial charge in [0.05, 0.1) is 6.04 Å². The van der Waals surface area contributed by atoms with Gasteiger partial charge in [-0.15, -0.1) is 11.3 Å². The Kier molecular flexibility index (Phi) is 6.21. The molecule has 1 N–H and O–H groups in total. The van der Waals surface area contributed by atoms with Crippen molar-refractivity contribution in [1.29, 1.82) is 0 Å². The molecule has 0 spiro atoms. The molecular weight excluding hydrogens is 366 g/mol. The molecule has 132 valence electrons. The minimum absolute atomic E-state index is 0.0279. The summed E-state index contributed by atoms with van der Waals surface area (Å²) in [6.45, 7) is 0. The Hall–Kier alpha value is -2.43. The molecule has 1 amide bonds. The molecule has 1 unspecified atom stereocenters. The second-order valence-corrected chi connectivity index (χ2v) is 7.27. The van der Waals surface area contributed by atoms with Crippen molar-refractivity contribution in [3.63, 3.8) is 0 Å². The van der Waals surface area contributed by atoms with Crippen LogP contribution in [-0.2, 0) is 4.79 Å². The number of nitrogens with one attached hydrogen (secondary N) is 1. The van der Waals surface area contributed by atoms with E-state index in [-0.39, 0.29) is 30.6 Å². The van der Waals surface area contributed by atoms with Gasteiger partial charge in [-0.1, -0.05) is 60.1 Å². The lowest BCUT2D eigenvalue weighted by Gasteiger charge is -2.18. The average Bonchev–Trinajstić information content (AvgIpc) is 3.20. The monoisotopic (exact) mass is 383 g/mol. The van der Waals surface area contributed by atoms with Gasteiger partial charge < -0.3 is 5.32 Å². The molecule has 0 radical (unpaired) electrons. The number of carbonyl (C=O) groups is 2. The zero-order valence-corrected chi connectivity index (χ0v) is 15.6. The van der Waals surface area contributed by atoms with Crippen molar-refractivity contribution >= 4 is 34.6 Å². The van der Waals surface area contributed by atoms with Crippen LogP contribution in [-0.4, -0.2) is 11.7 Å². The number of benzene rings is 2. The number of thiophene rings is 1. The molecule has 3 rings (SSSR count). The van der Waals surface area contributed by atoms with E-state index in [0.717, 1.165) is 10.4 Å². The fourth-order valence-corrected chi connectivity index (χ4v) is 3.59. The molecule has 1 aromatic heterocycles. The van der Waals surface area contributed by atoms with Crippen molar-refractivity contribution < 1.29 is 9.59 Å². The fourth-order valence-electron chi connectivity index (χ4n) is 2.66. The third-order valence-electron chi connectivity index (χ3n) is 4.01. The molecule has 2 aromatic carbocycles. The predicted octanol–water partition coefficient (Wildman–Crippen LogP) is 5.27. The van der Waals surface area contributed by atoms with E-state index >= 15 is 0 Å². The lowest BCUT2D eigenvalue weighted by molar-refractivity contribution is -0.121. The highest BCUT2D eigenvalue weighted by molar-refractivity contribution is 7.10. The normalized spacial score (nSPS) is 11.7. The molecule has 0 saturated heterocycles. The Morgan fingerprint density at radius 3 is 2.31 bits per heavy atom. The topological polar surface area (TPSA) is 46.2 Å². The van der Waals surface area contributed by atoms with Crippen molar-refractivity contribution in [3.8, 4) is 0 Å². The summed E-state index contributed by atoms with van der Waals surface area (Å²) in [6.07, 6.45) is 0.344. The molecule has 3 aromatic rings. The summed E-state index contributed by atoms with van der Waals surface area (Å²) < 4.78 is 0. The Morgan fingerprint density at radius 2 is 1.65 bits per heavy atom. The maximum atomic E-state index is 12.4. The molecule has 3 nitrogen and oxygen atoms in total. The largest absolute Gasteiger partial charge is 0.344 e. The number of ketones is 1. The van der Waals surface area contributed by atoms with Gasteiger partial charge in [0.25, 0.3) is 0 Å². The summed E-state index contributed by atoms with van der Waals surface area (Å²) in [6, 6.07) is 20.2. The van der Waals surface area contributed by atoms with Crippen LogP contribution in [0.4, 0.5) is 0 Å². The summed E-state index contributed by atoms with van der Waals surface area (Å²) >= 11 is 7.55. The second-order valence-electron chi connectivity index (χ2n) is 5.86. The van der Waals surface area contributed by atoms with E-state index in [2.05, 4.69) is 5.32 Å². The van der Waals surface area contributed by atoms with Crippen molar-refractivity contribution in [2.75, 3.05) is 0 Å². The molecule has 0 bridgehead atoms. The summed E-state index contributed by atoms with van der Waals surface area (Å²) in [7, 11) is 0. The molecule has 5 heteroatoms. The Labute approximate surface area is 161 Å². The van der Waals surface area contributed by atoms with Crippen LogP contribution in [0.25, 0.3) is 0 Å². The maximum absolute atomic E-state index is 12.4. The van der Waals surface area contributed by atoms with Crippen LogP contribution in [0, 0.1) is 0 Å². The fraction of sp³-hybridized carbons (Fsp3) is 0.143. The first kappa shape index (κ1) is 18.4. The molecule has 26 heavy (non-hydrogen) atoms. The van der Waals surface area contributed by atoms with E-state index < -0.39 is 0 Å². The lowest BCUT2D eigenvalue weighted by atomic mass is 10.0. The molecule has 0 fully saturated rings. The second kappa shape index (κ2) is 8.79. The van der Waals surface area contributed by atoms with Gasteiger partial charge in [0.1, 0.15) is 0 Å². The first-order valence-corrected chi connectivity index (χ1v) is 9.56. The minimum Gasteiger partial charge on any atom is -0.344 e. The Morgan fingerprint density at radius 1 is 0.923 bits per heavy atom. The first-order chi connectivity index (χ1) is 12.6. The molecule has 0 saturated carbocycles. The van der Waals surface area contributed by atoms with Crippen LogP contribution in [0.3, 0.4) is 0 Å². The van der Waals surface area contributed by atoms with Crippen LogP contribution >= 0.6 is 22.9 Å². The average molecular weight is 384 g/mol. The zero-order chi connectivity index (χ0) is 18.4. The van der Waals surface area contributed by atoms with Crippen LogP contribution in [0.15, 0.2) is 72.1 Å². The number of rotatable bonds is 7. The van der Waals surface area contributed by atoms with Gasteiger partial charge in [-0.05, 0) is 29.1 Å². The maximum Gasteiger partial charge on any atom is 0.221 e. The summed E-state index contributed by atoms with van der Waals surface area (Å²) in [5.41, 5.74) is 1.59. The van der Waals surface area contributed by atoms with Gasteiger partial charge in [0.15, 0.2) is 5.78 Å². The third kappa shape index (κ3) is 4.81. The van der Waals surface area contributed by atoms with Gasteiger partial charge in [-0.2, -0.15) is 0 Å². The highest BCUT2D eigenvalue weighted by Crippen LogP contribution is 2.27. The smallest absolute Gasteiger partial charge is 0.221 e. The summed E-state index contributed by atoms with van der Waals surface area (Å²) in [5.74, 6) is -0.178. The first-order valence-electron chi connectivity index (χ1n) is 8.30. The summed E-state index contributed by atoms with van der Waals surface area (Å²) in [5, 5.41) is 5.67. The van der Waals surface area contributed by atoms with Crippen molar-refractivity contribution in [3.05, 3.63) is 93.1 Å². The number of halogens is 1. The Bertz CT molecular complexity index is 861. The molecule has 0 aliphatic heterocycles. The van der Waals surface area contributed by atoms with Crippen LogP contribution in [0.5, 0.6) is 0 Å². The van der Waals surface area contributed by atoms with E-state index in [4.69, 9.17) is 11.6 Å². The Balaban J connectivity index is 1.66. The van der Waals surface area contributed by atoms with E-state index in [9.17, 15) is 9.59 Å². The van der Waals surface area contributed by atoms with Gasteiger partial charge in [-0.25, -0.2) is 0 Å². The predicted molar refractivity (Wildman–Crippen MR) is 106 cm³/mol. The zero-order valence-electron chi connectivity index (χ0n) is 14.0. The molecular formula is C21H18ClNO2S. The third-order valence-corrected chi connectivity index (χ3v) is 5.20. The minimum atomic E-state index is -0.244. The van der Waals surface area contributed by atoms with Crippen LogP contribution in [0.1, 0.15) is 39.7 Å². The summed E-state index contributed by atoms with van der Waals surface area (Å²) in [4.78, 5) is 25.7. The number of hydrogen-bond donors (Lipinski definition) is 1. The molecule has 0 aliphatic rings. The van der Waals surface area contributed by atoms with Gasteiger partial charge in [-0.3, -0.25) is 9.59 Å². The van der Waals surface area contributed by atoms with Gasteiger partial charge >= 0.3 is 0 Å². The number of amides is 1. The van der Waals surface area contributed by atoms with E-state index in [1.165, 1.54) is 0 Å². The van der Waals surface area contributed by atoms with E-state index in [1.807, 2.05) is 60.0 Å². The lowest BCUT2D eigenvalue weighted by Crippen LogP contribution is -2.29. The van der Waals surface area contributed by atoms with Gasteiger partial charge in [0, 0.05) is 28.3 Å². The quantitative estimate of drug-likeness (QED) is 0.565. The van der Waals surface area contributed by atoms with Crippen LogP contribution < -0.4 is 5.32 Å².